The van der Waals surface area contributed by atoms with Crippen LogP contribution in [0, 0.1) is 0 Å². The lowest BCUT2D eigenvalue weighted by Crippen LogP contribution is -2.54. The second-order valence-corrected chi connectivity index (χ2v) is 5.42. The van der Waals surface area contributed by atoms with Crippen LogP contribution in [0.15, 0.2) is 0 Å². The molecule has 3 aliphatic rings. The summed E-state index contributed by atoms with van der Waals surface area (Å²) in [5, 5.41) is 19.6. The van der Waals surface area contributed by atoms with Crippen LogP contribution in [-0.4, -0.2) is 46.3 Å². The summed E-state index contributed by atoms with van der Waals surface area (Å²) in [7, 11) is 0. The summed E-state index contributed by atoms with van der Waals surface area (Å²) in [4.78, 5) is 0. The second-order valence-electron chi connectivity index (χ2n) is 5.42. The minimum Gasteiger partial charge on any atom is -0.390 e. The molecule has 1 saturated carbocycles. The molecule has 2 heterocycles. The van der Waals surface area contributed by atoms with Gasteiger partial charge in [0.2, 0.25) is 0 Å². The number of rotatable bonds is 1. The predicted molar refractivity (Wildman–Crippen MR) is 57.0 cm³/mol. The van der Waals surface area contributed by atoms with Gasteiger partial charge in [-0.2, -0.15) is 0 Å². The zero-order valence-electron chi connectivity index (χ0n) is 9.63. The highest BCUT2D eigenvalue weighted by atomic mass is 16.6. The van der Waals surface area contributed by atoms with Crippen molar-refractivity contribution in [2.24, 2.45) is 0 Å². The Morgan fingerprint density at radius 3 is 2.81 bits per heavy atom. The van der Waals surface area contributed by atoms with Gasteiger partial charge in [-0.1, -0.05) is 6.92 Å². The minimum absolute atomic E-state index is 0.0760. The number of ether oxygens (including phenoxy) is 2. The summed E-state index contributed by atoms with van der Waals surface area (Å²) in [5.74, 6) is 0. The van der Waals surface area contributed by atoms with Gasteiger partial charge in [0, 0.05) is 12.8 Å². The molecular formula is C12H20O4. The molecular weight excluding hydrogens is 208 g/mol. The molecule has 4 nitrogen and oxygen atoms in total. The lowest BCUT2D eigenvalue weighted by atomic mass is 9.76. The quantitative estimate of drug-likeness (QED) is 0.690. The molecule has 0 aromatic carbocycles. The molecule has 4 heteroatoms. The normalized spacial score (nSPS) is 56.1. The van der Waals surface area contributed by atoms with Crippen LogP contribution in [0.5, 0.6) is 0 Å². The third-order valence-electron chi connectivity index (χ3n) is 4.41. The highest BCUT2D eigenvalue weighted by molar-refractivity contribution is 5.09. The van der Waals surface area contributed by atoms with Gasteiger partial charge < -0.3 is 19.7 Å². The molecule has 16 heavy (non-hydrogen) atoms. The molecule has 3 rings (SSSR count). The lowest BCUT2D eigenvalue weighted by molar-refractivity contribution is -0.177. The molecule has 2 aliphatic heterocycles. The fourth-order valence-electron chi connectivity index (χ4n) is 3.51. The fraction of sp³-hybridized carbons (Fsp3) is 1.00. The summed E-state index contributed by atoms with van der Waals surface area (Å²) in [6.07, 6.45) is 3.00. The Morgan fingerprint density at radius 1 is 1.25 bits per heavy atom. The molecule has 0 amide bonds. The molecule has 1 aliphatic carbocycles. The van der Waals surface area contributed by atoms with Crippen molar-refractivity contribution in [2.75, 3.05) is 0 Å². The summed E-state index contributed by atoms with van der Waals surface area (Å²) in [6, 6.07) is 0. The van der Waals surface area contributed by atoms with Gasteiger partial charge in [0.1, 0.15) is 6.10 Å². The summed E-state index contributed by atoms with van der Waals surface area (Å²) < 4.78 is 12.0. The van der Waals surface area contributed by atoms with Crippen molar-refractivity contribution >= 4 is 0 Å². The first-order valence-electron chi connectivity index (χ1n) is 6.34. The number of hydrogen-bond acceptors (Lipinski definition) is 4. The number of aliphatic hydroxyl groups excluding tert-OH is 2. The van der Waals surface area contributed by atoms with E-state index in [2.05, 4.69) is 6.92 Å². The van der Waals surface area contributed by atoms with E-state index >= 15 is 0 Å². The molecule has 2 bridgehead atoms. The summed E-state index contributed by atoms with van der Waals surface area (Å²) >= 11 is 0. The SMILES string of the molecule is CC[C@H]1CC[C@@H]2O[C@@H]3CC2(C[C@@H](O)C3O)O1. The third kappa shape index (κ3) is 1.44. The average Bonchev–Trinajstić information content (AvgIpc) is 2.60. The van der Waals surface area contributed by atoms with Crippen molar-refractivity contribution in [3.8, 4) is 0 Å². The van der Waals surface area contributed by atoms with E-state index in [4.69, 9.17) is 9.47 Å². The monoisotopic (exact) mass is 228 g/mol. The van der Waals surface area contributed by atoms with Gasteiger partial charge in [0.05, 0.1) is 30.0 Å². The largest absolute Gasteiger partial charge is 0.390 e. The summed E-state index contributed by atoms with van der Waals surface area (Å²) in [6.45, 7) is 2.13. The lowest BCUT2D eigenvalue weighted by Gasteiger charge is -2.44. The van der Waals surface area contributed by atoms with Crippen molar-refractivity contribution in [3.05, 3.63) is 0 Å². The standard InChI is InChI=1S/C12H20O4/c1-2-7-3-4-10-12(16-7)5-8(13)11(14)9(6-12)15-10/h7-11,13-14H,2-6H2,1H3/t7-,8+,9+,10-,11?,12?/m0/s1. The fourth-order valence-corrected chi connectivity index (χ4v) is 3.51. The Bertz CT molecular complexity index is 278. The molecule has 2 N–H and O–H groups in total. The molecule has 92 valence electrons. The van der Waals surface area contributed by atoms with Crippen LogP contribution in [-0.2, 0) is 9.47 Å². The van der Waals surface area contributed by atoms with Gasteiger partial charge in [-0.25, -0.2) is 0 Å². The Balaban J connectivity index is 1.84. The van der Waals surface area contributed by atoms with E-state index < -0.39 is 12.2 Å². The molecule has 1 spiro atoms. The van der Waals surface area contributed by atoms with Crippen LogP contribution < -0.4 is 0 Å². The maximum atomic E-state index is 9.84. The van der Waals surface area contributed by atoms with Crippen LogP contribution >= 0.6 is 0 Å². The van der Waals surface area contributed by atoms with Gasteiger partial charge in [-0.05, 0) is 19.3 Å². The van der Waals surface area contributed by atoms with Gasteiger partial charge in [-0.15, -0.1) is 0 Å². The molecule has 2 unspecified atom stereocenters. The van der Waals surface area contributed by atoms with E-state index in [0.29, 0.717) is 12.5 Å². The van der Waals surface area contributed by atoms with E-state index in [9.17, 15) is 10.2 Å². The van der Waals surface area contributed by atoms with Crippen LogP contribution in [0.2, 0.25) is 0 Å². The Labute approximate surface area is 95.6 Å². The number of hydrogen-bond donors (Lipinski definition) is 2. The van der Waals surface area contributed by atoms with Crippen LogP contribution in [0.25, 0.3) is 0 Å². The third-order valence-corrected chi connectivity index (χ3v) is 4.41. The van der Waals surface area contributed by atoms with Crippen LogP contribution in [0.3, 0.4) is 0 Å². The smallest absolute Gasteiger partial charge is 0.106 e. The van der Waals surface area contributed by atoms with E-state index in [0.717, 1.165) is 25.7 Å². The molecule has 0 radical (unpaired) electrons. The zero-order chi connectivity index (χ0) is 11.3. The highest BCUT2D eigenvalue weighted by Crippen LogP contribution is 2.49. The van der Waals surface area contributed by atoms with Gasteiger partial charge >= 0.3 is 0 Å². The van der Waals surface area contributed by atoms with Gasteiger partial charge in [0.15, 0.2) is 0 Å². The molecule has 2 saturated heterocycles. The Hall–Kier alpha value is -0.160. The highest BCUT2D eigenvalue weighted by Gasteiger charge is 2.59. The molecule has 3 fully saturated rings. The minimum atomic E-state index is -0.736. The zero-order valence-corrected chi connectivity index (χ0v) is 9.63. The van der Waals surface area contributed by atoms with Crippen molar-refractivity contribution < 1.29 is 19.7 Å². The van der Waals surface area contributed by atoms with E-state index in [1.165, 1.54) is 0 Å². The van der Waals surface area contributed by atoms with E-state index in [1.54, 1.807) is 0 Å². The predicted octanol–water partition coefficient (Wildman–Crippen LogP) is 0.597. The number of fused-ring (bicyclic) bond motifs is 1. The maximum Gasteiger partial charge on any atom is 0.106 e. The van der Waals surface area contributed by atoms with Gasteiger partial charge in [-0.3, -0.25) is 0 Å². The van der Waals surface area contributed by atoms with Gasteiger partial charge in [0.25, 0.3) is 0 Å². The molecule has 0 aromatic rings. The second kappa shape index (κ2) is 3.67. The Kier molecular flexibility index (Phi) is 2.51. The van der Waals surface area contributed by atoms with Crippen molar-refractivity contribution in [1.82, 2.24) is 0 Å². The van der Waals surface area contributed by atoms with E-state index in [1.807, 2.05) is 0 Å². The number of aliphatic hydroxyl groups is 2. The topological polar surface area (TPSA) is 58.9 Å². The first kappa shape index (κ1) is 11.0. The molecule has 6 atom stereocenters. The Morgan fingerprint density at radius 2 is 2.06 bits per heavy atom. The van der Waals surface area contributed by atoms with Crippen LogP contribution in [0.1, 0.15) is 39.0 Å². The van der Waals surface area contributed by atoms with Crippen molar-refractivity contribution in [2.45, 2.75) is 75.1 Å². The first-order valence-corrected chi connectivity index (χ1v) is 6.34. The summed E-state index contributed by atoms with van der Waals surface area (Å²) in [5.41, 5.74) is -0.317. The van der Waals surface area contributed by atoms with Crippen LogP contribution in [0.4, 0.5) is 0 Å². The average molecular weight is 228 g/mol. The van der Waals surface area contributed by atoms with Crippen molar-refractivity contribution in [3.63, 3.8) is 0 Å². The first-order chi connectivity index (χ1) is 7.64. The van der Waals surface area contributed by atoms with Crippen molar-refractivity contribution in [1.29, 1.82) is 0 Å². The maximum absolute atomic E-state index is 9.84. The molecule has 0 aromatic heterocycles. The van der Waals surface area contributed by atoms with E-state index in [-0.39, 0.29) is 17.8 Å².